The van der Waals surface area contributed by atoms with Gasteiger partial charge in [0.2, 0.25) is 11.7 Å². The van der Waals surface area contributed by atoms with E-state index in [0.717, 1.165) is 12.8 Å². The molecule has 0 bridgehead atoms. The first kappa shape index (κ1) is 18.4. The summed E-state index contributed by atoms with van der Waals surface area (Å²) in [5.74, 6) is -0.965. The molecule has 0 heterocycles. The van der Waals surface area contributed by atoms with Crippen LogP contribution in [0.4, 0.5) is 5.69 Å². The molecule has 0 unspecified atom stereocenters. The molecule has 2 aromatic rings. The fraction of sp³-hybridized carbons (Fsp3) is 0.211. The Morgan fingerprint density at radius 1 is 1.04 bits per heavy atom. The van der Waals surface area contributed by atoms with Gasteiger partial charge in [0.15, 0.2) is 6.61 Å². The molecule has 0 aromatic heterocycles. The van der Waals surface area contributed by atoms with Gasteiger partial charge in [0.1, 0.15) is 0 Å². The number of hydrogen-bond donors (Lipinski definition) is 1. The first-order valence-corrected chi connectivity index (χ1v) is 8.76. The van der Waals surface area contributed by atoms with Crippen LogP contribution in [0, 0.1) is 5.92 Å². The van der Waals surface area contributed by atoms with E-state index >= 15 is 0 Å². The molecular formula is C19H15Cl2NO4. The minimum Gasteiger partial charge on any atom is -0.454 e. The van der Waals surface area contributed by atoms with Crippen molar-refractivity contribution in [1.82, 2.24) is 0 Å². The second-order valence-corrected chi connectivity index (χ2v) is 6.81. The normalized spacial score (nSPS) is 13.2. The van der Waals surface area contributed by atoms with Gasteiger partial charge in [0, 0.05) is 22.2 Å². The highest BCUT2D eigenvalue weighted by atomic mass is 35.5. The van der Waals surface area contributed by atoms with Crippen molar-refractivity contribution < 1.29 is 19.1 Å². The average molecular weight is 392 g/mol. The molecule has 1 N–H and O–H groups in total. The lowest BCUT2D eigenvalue weighted by Gasteiger charge is -2.07. The molecule has 0 atom stereocenters. The number of Topliss-reactive ketones (excluding diaryl/α,β-unsaturated/α-hetero) is 1. The number of amides is 1. The fourth-order valence-electron chi connectivity index (χ4n) is 2.29. The molecule has 2 aromatic carbocycles. The number of benzene rings is 2. The molecule has 0 saturated heterocycles. The molecule has 1 fully saturated rings. The molecule has 1 aliphatic carbocycles. The zero-order valence-electron chi connectivity index (χ0n) is 13.6. The number of rotatable bonds is 6. The first-order valence-electron chi connectivity index (χ1n) is 8.00. The lowest BCUT2D eigenvalue weighted by atomic mass is 10.1. The Bertz CT molecular complexity index is 860. The van der Waals surface area contributed by atoms with E-state index in [9.17, 15) is 14.4 Å². The van der Waals surface area contributed by atoms with Gasteiger partial charge < -0.3 is 10.1 Å². The SMILES string of the molecule is O=C(OCC(=O)c1ccc(Cl)cc1Cl)c1ccc(NC(=O)C2CC2)cc1. The topological polar surface area (TPSA) is 72.5 Å². The Kier molecular flexibility index (Phi) is 5.59. The van der Waals surface area contributed by atoms with E-state index in [4.69, 9.17) is 27.9 Å². The summed E-state index contributed by atoms with van der Waals surface area (Å²) in [6.07, 6.45) is 1.84. The van der Waals surface area contributed by atoms with Crippen LogP contribution in [0.3, 0.4) is 0 Å². The number of carbonyl (C=O) groups is 3. The van der Waals surface area contributed by atoms with Crippen LogP contribution in [0.25, 0.3) is 0 Å². The highest BCUT2D eigenvalue weighted by molar-refractivity contribution is 6.36. The third-order valence-electron chi connectivity index (χ3n) is 3.90. The van der Waals surface area contributed by atoms with Crippen LogP contribution in [0.1, 0.15) is 33.6 Å². The van der Waals surface area contributed by atoms with E-state index in [1.807, 2.05) is 0 Å². The van der Waals surface area contributed by atoms with Crippen molar-refractivity contribution >= 4 is 46.5 Å². The van der Waals surface area contributed by atoms with Gasteiger partial charge >= 0.3 is 5.97 Å². The van der Waals surface area contributed by atoms with E-state index in [0.29, 0.717) is 10.7 Å². The maximum atomic E-state index is 12.1. The molecule has 5 nitrogen and oxygen atoms in total. The summed E-state index contributed by atoms with van der Waals surface area (Å²) in [7, 11) is 0. The number of ketones is 1. The molecular weight excluding hydrogens is 377 g/mol. The van der Waals surface area contributed by atoms with Crippen molar-refractivity contribution in [2.45, 2.75) is 12.8 Å². The third-order valence-corrected chi connectivity index (χ3v) is 4.45. The Balaban J connectivity index is 1.55. The van der Waals surface area contributed by atoms with Crippen molar-refractivity contribution in [3.05, 3.63) is 63.6 Å². The summed E-state index contributed by atoms with van der Waals surface area (Å²) in [5.41, 5.74) is 1.13. The van der Waals surface area contributed by atoms with Gasteiger partial charge in [-0.15, -0.1) is 0 Å². The van der Waals surface area contributed by atoms with Gasteiger partial charge in [0.25, 0.3) is 0 Å². The standard InChI is InChI=1S/C19H15Cl2NO4/c20-13-5-8-15(16(21)9-13)17(23)10-26-19(25)12-3-6-14(7-4-12)22-18(24)11-1-2-11/h3-9,11H,1-2,10H2,(H,22,24). The molecule has 0 aliphatic heterocycles. The third kappa shape index (κ3) is 4.62. The highest BCUT2D eigenvalue weighted by Gasteiger charge is 2.29. The number of ether oxygens (including phenoxy) is 1. The Morgan fingerprint density at radius 3 is 2.35 bits per heavy atom. The average Bonchev–Trinajstić information content (AvgIpc) is 3.45. The Hall–Kier alpha value is -2.37. The maximum absolute atomic E-state index is 12.1. The molecule has 26 heavy (non-hydrogen) atoms. The van der Waals surface area contributed by atoms with E-state index in [-0.39, 0.29) is 28.0 Å². The fourth-order valence-corrected chi connectivity index (χ4v) is 2.80. The van der Waals surface area contributed by atoms with E-state index in [1.165, 1.54) is 30.3 Å². The summed E-state index contributed by atoms with van der Waals surface area (Å²) < 4.78 is 5.03. The molecule has 3 rings (SSSR count). The van der Waals surface area contributed by atoms with Crippen LogP contribution in [0.15, 0.2) is 42.5 Å². The number of nitrogens with one attached hydrogen (secondary N) is 1. The molecule has 1 saturated carbocycles. The van der Waals surface area contributed by atoms with Crippen LogP contribution in [0.5, 0.6) is 0 Å². The van der Waals surface area contributed by atoms with E-state index < -0.39 is 18.4 Å². The van der Waals surface area contributed by atoms with Crippen molar-refractivity contribution in [2.24, 2.45) is 5.92 Å². The Morgan fingerprint density at radius 2 is 1.73 bits per heavy atom. The monoisotopic (exact) mass is 391 g/mol. The summed E-state index contributed by atoms with van der Waals surface area (Å²) in [4.78, 5) is 35.9. The zero-order chi connectivity index (χ0) is 18.7. The quantitative estimate of drug-likeness (QED) is 0.585. The minimum atomic E-state index is -0.636. The number of anilines is 1. The van der Waals surface area contributed by atoms with Gasteiger partial charge in [0.05, 0.1) is 10.6 Å². The molecule has 134 valence electrons. The largest absolute Gasteiger partial charge is 0.454 e. The van der Waals surface area contributed by atoms with E-state index in [2.05, 4.69) is 5.32 Å². The first-order chi connectivity index (χ1) is 12.4. The lowest BCUT2D eigenvalue weighted by molar-refractivity contribution is -0.117. The Labute approximate surface area is 160 Å². The predicted molar refractivity (Wildman–Crippen MR) is 98.9 cm³/mol. The molecule has 1 aliphatic rings. The predicted octanol–water partition coefficient (Wildman–Crippen LogP) is 4.38. The second kappa shape index (κ2) is 7.89. The molecule has 0 spiro atoms. The summed E-state index contributed by atoms with van der Waals surface area (Å²) in [6, 6.07) is 10.8. The van der Waals surface area contributed by atoms with Crippen molar-refractivity contribution in [3.63, 3.8) is 0 Å². The van der Waals surface area contributed by atoms with Crippen LogP contribution in [-0.4, -0.2) is 24.3 Å². The number of halogens is 2. The van der Waals surface area contributed by atoms with Crippen LogP contribution in [-0.2, 0) is 9.53 Å². The van der Waals surface area contributed by atoms with Gasteiger partial charge in [-0.25, -0.2) is 4.79 Å². The lowest BCUT2D eigenvalue weighted by Crippen LogP contribution is -2.15. The summed E-state index contributed by atoms with van der Waals surface area (Å²) >= 11 is 11.7. The van der Waals surface area contributed by atoms with Gasteiger partial charge in [-0.2, -0.15) is 0 Å². The maximum Gasteiger partial charge on any atom is 0.338 e. The van der Waals surface area contributed by atoms with E-state index in [1.54, 1.807) is 12.1 Å². The van der Waals surface area contributed by atoms with Crippen LogP contribution >= 0.6 is 23.2 Å². The van der Waals surface area contributed by atoms with Crippen LogP contribution in [0.2, 0.25) is 10.0 Å². The van der Waals surface area contributed by atoms with Crippen molar-refractivity contribution in [3.8, 4) is 0 Å². The molecule has 1 amide bonds. The number of carbonyl (C=O) groups excluding carboxylic acids is 3. The minimum absolute atomic E-state index is 0.00855. The van der Waals surface area contributed by atoms with Crippen molar-refractivity contribution in [2.75, 3.05) is 11.9 Å². The molecule has 7 heteroatoms. The highest BCUT2D eigenvalue weighted by Crippen LogP contribution is 2.30. The number of hydrogen-bond acceptors (Lipinski definition) is 4. The number of esters is 1. The summed E-state index contributed by atoms with van der Waals surface area (Å²) in [5, 5.41) is 3.40. The second-order valence-electron chi connectivity index (χ2n) is 5.96. The molecule has 0 radical (unpaired) electrons. The van der Waals surface area contributed by atoms with Crippen molar-refractivity contribution in [1.29, 1.82) is 0 Å². The summed E-state index contributed by atoms with van der Waals surface area (Å²) in [6.45, 7) is -0.430. The van der Waals surface area contributed by atoms with Gasteiger partial charge in [-0.1, -0.05) is 23.2 Å². The van der Waals surface area contributed by atoms with Gasteiger partial charge in [-0.3, -0.25) is 9.59 Å². The zero-order valence-corrected chi connectivity index (χ0v) is 15.1. The smallest absolute Gasteiger partial charge is 0.338 e. The van der Waals surface area contributed by atoms with Gasteiger partial charge in [-0.05, 0) is 55.3 Å². The van der Waals surface area contributed by atoms with Crippen LogP contribution < -0.4 is 5.32 Å².